The Morgan fingerprint density at radius 3 is 3.00 bits per heavy atom. The van der Waals surface area contributed by atoms with Gasteiger partial charge in [-0.25, -0.2) is 9.97 Å². The maximum Gasteiger partial charge on any atom is 0.317 e. The molecule has 0 unspecified atom stereocenters. The van der Waals surface area contributed by atoms with Crippen molar-refractivity contribution < 1.29 is 9.47 Å². The summed E-state index contributed by atoms with van der Waals surface area (Å²) in [7, 11) is 0. The van der Waals surface area contributed by atoms with Crippen LogP contribution in [0.3, 0.4) is 0 Å². The first kappa shape index (κ1) is 15.2. The van der Waals surface area contributed by atoms with Crippen molar-refractivity contribution in [2.24, 2.45) is 0 Å². The van der Waals surface area contributed by atoms with Crippen molar-refractivity contribution in [3.8, 4) is 16.6 Å². The highest BCUT2D eigenvalue weighted by atomic mass is 32.1. The monoisotopic (exact) mass is 320 g/mol. The molecule has 2 aromatic heterocycles. The van der Waals surface area contributed by atoms with Crippen LogP contribution in [-0.4, -0.2) is 34.3 Å². The molecule has 1 atom stereocenters. The van der Waals surface area contributed by atoms with Gasteiger partial charge in [-0.15, -0.1) is 0 Å². The third kappa shape index (κ3) is 4.14. The summed E-state index contributed by atoms with van der Waals surface area (Å²) >= 11 is 1.40. The number of thiazole rings is 1. The highest BCUT2D eigenvalue weighted by Gasteiger charge is 2.15. The van der Waals surface area contributed by atoms with Crippen molar-refractivity contribution in [2.75, 3.05) is 18.9 Å². The Morgan fingerprint density at radius 1 is 1.23 bits per heavy atom. The van der Waals surface area contributed by atoms with Crippen molar-refractivity contribution in [1.82, 2.24) is 15.0 Å². The highest BCUT2D eigenvalue weighted by molar-refractivity contribution is 7.18. The molecule has 7 heteroatoms. The first-order valence-corrected chi connectivity index (χ1v) is 8.42. The summed E-state index contributed by atoms with van der Waals surface area (Å²) in [5.41, 5.74) is 6.45. The Balaban J connectivity index is 1.68. The lowest BCUT2D eigenvalue weighted by atomic mass is 10.1. The third-order valence-corrected chi connectivity index (χ3v) is 4.40. The van der Waals surface area contributed by atoms with Crippen LogP contribution < -0.4 is 10.5 Å². The number of rotatable bonds is 3. The Kier molecular flexibility index (Phi) is 5.18. The molecule has 0 aliphatic carbocycles. The molecule has 6 nitrogen and oxygen atoms in total. The van der Waals surface area contributed by atoms with Gasteiger partial charge in [0.05, 0.1) is 17.2 Å². The minimum absolute atomic E-state index is 0.0138. The molecular formula is C15H20N4O2S. The van der Waals surface area contributed by atoms with Crippen molar-refractivity contribution >= 4 is 16.5 Å². The first-order chi connectivity index (χ1) is 10.8. The van der Waals surface area contributed by atoms with Crippen LogP contribution in [-0.2, 0) is 4.74 Å². The number of nitrogens with two attached hydrogens (primary N) is 1. The molecule has 0 radical (unpaired) electrons. The highest BCUT2D eigenvalue weighted by Crippen LogP contribution is 2.26. The molecule has 1 aliphatic rings. The van der Waals surface area contributed by atoms with Gasteiger partial charge in [0.1, 0.15) is 6.10 Å². The second-order valence-corrected chi connectivity index (χ2v) is 6.37. The minimum atomic E-state index is 0.0138. The number of nitrogens with zero attached hydrogens (tertiary/aromatic N) is 3. The van der Waals surface area contributed by atoms with Crippen LogP contribution >= 0.6 is 11.3 Å². The van der Waals surface area contributed by atoms with Gasteiger partial charge >= 0.3 is 6.01 Å². The molecule has 2 N–H and O–H groups in total. The van der Waals surface area contributed by atoms with E-state index < -0.39 is 0 Å². The molecule has 0 spiro atoms. The summed E-state index contributed by atoms with van der Waals surface area (Å²) in [6, 6.07) is 2.22. The molecule has 22 heavy (non-hydrogen) atoms. The number of ether oxygens (including phenoxy) is 2. The fourth-order valence-corrected chi connectivity index (χ4v) is 3.07. The van der Waals surface area contributed by atoms with Gasteiger partial charge in [-0.1, -0.05) is 24.2 Å². The van der Waals surface area contributed by atoms with E-state index >= 15 is 0 Å². The summed E-state index contributed by atoms with van der Waals surface area (Å²) in [5.74, 6) is 0. The molecule has 118 valence electrons. The number of nitrogen functional groups attached to an aromatic ring is 1. The van der Waals surface area contributed by atoms with Gasteiger partial charge in [0, 0.05) is 19.0 Å². The summed E-state index contributed by atoms with van der Waals surface area (Å²) in [4.78, 5) is 13.6. The maximum absolute atomic E-state index is 5.92. The molecular weight excluding hydrogens is 300 g/mol. The molecule has 0 saturated carbocycles. The number of aromatic nitrogens is 3. The van der Waals surface area contributed by atoms with Crippen LogP contribution in [0.25, 0.3) is 10.6 Å². The van der Waals surface area contributed by atoms with Crippen LogP contribution in [0.4, 0.5) is 5.13 Å². The van der Waals surface area contributed by atoms with E-state index in [1.54, 1.807) is 12.4 Å². The van der Waals surface area contributed by atoms with Crippen LogP contribution in [0.5, 0.6) is 6.01 Å². The second-order valence-electron chi connectivity index (χ2n) is 5.30. The van der Waals surface area contributed by atoms with Crippen molar-refractivity contribution in [3.63, 3.8) is 0 Å². The van der Waals surface area contributed by atoms with E-state index in [1.165, 1.54) is 24.2 Å². The predicted octanol–water partition coefficient (Wildman–Crippen LogP) is 2.91. The lowest BCUT2D eigenvalue weighted by Crippen LogP contribution is -2.24. The van der Waals surface area contributed by atoms with Crippen molar-refractivity contribution in [1.29, 1.82) is 0 Å². The quantitative estimate of drug-likeness (QED) is 0.936. The fraction of sp³-hybridized carbons (Fsp3) is 0.533. The lowest BCUT2D eigenvalue weighted by molar-refractivity contribution is 0.0436. The maximum atomic E-state index is 5.92. The van der Waals surface area contributed by atoms with E-state index in [0.717, 1.165) is 36.4 Å². The van der Waals surface area contributed by atoms with Gasteiger partial charge in [0.15, 0.2) is 5.13 Å². The van der Waals surface area contributed by atoms with Gasteiger partial charge in [0.25, 0.3) is 0 Å². The molecule has 0 aromatic carbocycles. The largest absolute Gasteiger partial charge is 0.458 e. The third-order valence-electron chi connectivity index (χ3n) is 3.55. The number of hydrogen-bond acceptors (Lipinski definition) is 7. The van der Waals surface area contributed by atoms with E-state index in [1.807, 2.05) is 6.07 Å². The molecule has 3 heterocycles. The zero-order chi connectivity index (χ0) is 15.2. The zero-order valence-electron chi connectivity index (χ0n) is 12.4. The molecule has 0 bridgehead atoms. The van der Waals surface area contributed by atoms with E-state index in [-0.39, 0.29) is 6.10 Å². The van der Waals surface area contributed by atoms with Gasteiger partial charge in [-0.3, -0.25) is 0 Å². The van der Waals surface area contributed by atoms with Crippen LogP contribution in [0.2, 0.25) is 0 Å². The zero-order valence-corrected chi connectivity index (χ0v) is 13.2. The van der Waals surface area contributed by atoms with E-state index in [9.17, 15) is 0 Å². The molecule has 1 fully saturated rings. The van der Waals surface area contributed by atoms with Crippen LogP contribution in [0.1, 0.15) is 32.1 Å². The normalized spacial score (nSPS) is 19.9. The lowest BCUT2D eigenvalue weighted by Gasteiger charge is -2.16. The van der Waals surface area contributed by atoms with Crippen molar-refractivity contribution in [2.45, 2.75) is 38.2 Å². The van der Waals surface area contributed by atoms with Crippen LogP contribution in [0, 0.1) is 0 Å². The topological polar surface area (TPSA) is 83.2 Å². The molecule has 0 amide bonds. The number of hydrogen-bond donors (Lipinski definition) is 1. The van der Waals surface area contributed by atoms with Gasteiger partial charge in [-0.2, -0.15) is 4.98 Å². The SMILES string of the molecule is Nc1ncc(-c2ccnc(O[C@@H]3CCCCCCOC3)n2)s1. The van der Waals surface area contributed by atoms with Crippen LogP contribution in [0.15, 0.2) is 18.5 Å². The summed E-state index contributed by atoms with van der Waals surface area (Å²) in [5, 5.41) is 0.528. The minimum Gasteiger partial charge on any atom is -0.458 e. The first-order valence-electron chi connectivity index (χ1n) is 7.60. The average molecular weight is 320 g/mol. The van der Waals surface area contributed by atoms with Gasteiger partial charge in [0.2, 0.25) is 0 Å². The average Bonchev–Trinajstić information content (AvgIpc) is 3.00. The second kappa shape index (κ2) is 7.51. The summed E-state index contributed by atoms with van der Waals surface area (Å²) in [6.45, 7) is 1.40. The summed E-state index contributed by atoms with van der Waals surface area (Å²) in [6.07, 6.45) is 9.14. The van der Waals surface area contributed by atoms with E-state index in [2.05, 4.69) is 15.0 Å². The molecule has 3 rings (SSSR count). The van der Waals surface area contributed by atoms with Gasteiger partial charge < -0.3 is 15.2 Å². The van der Waals surface area contributed by atoms with Gasteiger partial charge in [-0.05, 0) is 25.3 Å². The molecule has 2 aromatic rings. The smallest absolute Gasteiger partial charge is 0.317 e. The molecule has 1 aliphatic heterocycles. The standard InChI is InChI=1S/C15H20N4O2S/c16-14-18-9-13(22-14)12-6-7-17-15(19-12)21-11-5-3-1-2-4-8-20-10-11/h6-7,9,11H,1-5,8,10H2,(H2,16,18)/t11-/m1/s1. The summed E-state index contributed by atoms with van der Waals surface area (Å²) < 4.78 is 11.6. The van der Waals surface area contributed by atoms with E-state index in [0.29, 0.717) is 17.7 Å². The molecule has 1 saturated heterocycles. The number of anilines is 1. The Morgan fingerprint density at radius 2 is 2.14 bits per heavy atom. The fourth-order valence-electron chi connectivity index (χ4n) is 2.41. The van der Waals surface area contributed by atoms with E-state index in [4.69, 9.17) is 15.2 Å². The predicted molar refractivity (Wildman–Crippen MR) is 85.9 cm³/mol. The Bertz CT molecular complexity index is 595. The van der Waals surface area contributed by atoms with Crippen molar-refractivity contribution in [3.05, 3.63) is 18.5 Å². The Labute approximate surface area is 133 Å². The Hall–Kier alpha value is -1.73.